The molecule has 0 spiro atoms. The molecule has 2 rings (SSSR count). The lowest BCUT2D eigenvalue weighted by Gasteiger charge is -2.14. The standard InChI is InChI=1S/C13H10BrCl3N2/c14-8-2-1-7(10(16)4-8)3-12(18)13-11(17)5-9(15)6-19-13/h1-2,4-6,12H,3,18H2. The molecule has 1 unspecified atom stereocenters. The van der Waals surface area contributed by atoms with E-state index in [-0.39, 0.29) is 6.04 Å². The van der Waals surface area contributed by atoms with E-state index in [1.54, 1.807) is 6.07 Å². The fourth-order valence-electron chi connectivity index (χ4n) is 1.72. The van der Waals surface area contributed by atoms with Crippen LogP contribution in [0.4, 0.5) is 0 Å². The highest BCUT2D eigenvalue weighted by Gasteiger charge is 2.14. The van der Waals surface area contributed by atoms with E-state index in [1.165, 1.54) is 6.20 Å². The van der Waals surface area contributed by atoms with Gasteiger partial charge in [-0.3, -0.25) is 4.98 Å². The van der Waals surface area contributed by atoms with Gasteiger partial charge >= 0.3 is 0 Å². The van der Waals surface area contributed by atoms with E-state index in [2.05, 4.69) is 20.9 Å². The number of hydrogen-bond donors (Lipinski definition) is 1. The zero-order valence-electron chi connectivity index (χ0n) is 9.71. The monoisotopic (exact) mass is 378 g/mol. The molecule has 0 bridgehead atoms. The summed E-state index contributed by atoms with van der Waals surface area (Å²) < 4.78 is 0.928. The first-order chi connectivity index (χ1) is 8.97. The first-order valence-corrected chi connectivity index (χ1v) is 7.40. The van der Waals surface area contributed by atoms with Crippen molar-refractivity contribution in [3.05, 3.63) is 61.3 Å². The van der Waals surface area contributed by atoms with Crippen LogP contribution >= 0.6 is 50.7 Å². The highest BCUT2D eigenvalue weighted by Crippen LogP contribution is 2.28. The van der Waals surface area contributed by atoms with Crippen molar-refractivity contribution in [2.45, 2.75) is 12.5 Å². The Morgan fingerprint density at radius 2 is 1.89 bits per heavy atom. The number of benzene rings is 1. The molecule has 1 aromatic heterocycles. The van der Waals surface area contributed by atoms with Crippen LogP contribution < -0.4 is 5.73 Å². The van der Waals surface area contributed by atoms with Crippen molar-refractivity contribution in [1.29, 1.82) is 0 Å². The molecule has 0 amide bonds. The van der Waals surface area contributed by atoms with Crippen LogP contribution in [0.2, 0.25) is 15.1 Å². The molecule has 0 radical (unpaired) electrons. The van der Waals surface area contributed by atoms with E-state index in [0.29, 0.717) is 27.2 Å². The van der Waals surface area contributed by atoms with Crippen LogP contribution in [-0.4, -0.2) is 4.98 Å². The normalized spacial score (nSPS) is 12.5. The lowest BCUT2D eigenvalue weighted by molar-refractivity contribution is 0.697. The van der Waals surface area contributed by atoms with Gasteiger partial charge in [-0.2, -0.15) is 0 Å². The number of hydrogen-bond acceptors (Lipinski definition) is 2. The maximum atomic E-state index is 6.17. The molecule has 100 valence electrons. The van der Waals surface area contributed by atoms with E-state index in [9.17, 15) is 0 Å². The zero-order chi connectivity index (χ0) is 14.0. The first-order valence-electron chi connectivity index (χ1n) is 5.48. The van der Waals surface area contributed by atoms with Gasteiger partial charge in [0.25, 0.3) is 0 Å². The topological polar surface area (TPSA) is 38.9 Å². The van der Waals surface area contributed by atoms with Gasteiger partial charge in [-0.15, -0.1) is 0 Å². The zero-order valence-corrected chi connectivity index (χ0v) is 13.6. The minimum atomic E-state index is -0.330. The molecule has 2 aromatic rings. The van der Waals surface area contributed by atoms with Gasteiger partial charge in [-0.1, -0.05) is 56.8 Å². The summed E-state index contributed by atoms with van der Waals surface area (Å²) >= 11 is 21.4. The molecule has 1 heterocycles. The molecular weight excluding hydrogens is 370 g/mol. The Bertz CT molecular complexity index is 604. The molecule has 0 saturated heterocycles. The van der Waals surface area contributed by atoms with E-state index in [0.717, 1.165) is 10.0 Å². The van der Waals surface area contributed by atoms with Crippen LogP contribution in [0.25, 0.3) is 0 Å². The predicted molar refractivity (Wildman–Crippen MR) is 84.0 cm³/mol. The van der Waals surface area contributed by atoms with Gasteiger partial charge in [0.2, 0.25) is 0 Å². The Hall–Kier alpha value is -0.320. The maximum Gasteiger partial charge on any atom is 0.0761 e. The van der Waals surface area contributed by atoms with Gasteiger partial charge < -0.3 is 5.73 Å². The quantitative estimate of drug-likeness (QED) is 0.810. The van der Waals surface area contributed by atoms with Crippen LogP contribution in [0.3, 0.4) is 0 Å². The van der Waals surface area contributed by atoms with Crippen molar-refractivity contribution in [2.24, 2.45) is 5.73 Å². The van der Waals surface area contributed by atoms with Crippen molar-refractivity contribution in [3.63, 3.8) is 0 Å². The summed E-state index contributed by atoms with van der Waals surface area (Å²) in [6.45, 7) is 0. The second-order valence-electron chi connectivity index (χ2n) is 4.07. The largest absolute Gasteiger partial charge is 0.322 e. The van der Waals surface area contributed by atoms with Crippen molar-refractivity contribution in [1.82, 2.24) is 4.98 Å². The molecule has 0 aliphatic rings. The summed E-state index contributed by atoms with van der Waals surface area (Å²) in [4.78, 5) is 4.18. The molecule has 0 aliphatic carbocycles. The molecule has 6 heteroatoms. The predicted octanol–water partition coefficient (Wildman–Crippen LogP) is 5.05. The second kappa shape index (κ2) is 6.42. The Labute approximate surface area is 135 Å². The third-order valence-corrected chi connectivity index (χ3v) is 4.00. The third kappa shape index (κ3) is 3.83. The number of halogens is 4. The van der Waals surface area contributed by atoms with Gasteiger partial charge in [0.15, 0.2) is 0 Å². The molecule has 2 nitrogen and oxygen atoms in total. The Balaban J connectivity index is 2.23. The van der Waals surface area contributed by atoms with Crippen LogP contribution in [0.15, 0.2) is 34.9 Å². The minimum Gasteiger partial charge on any atom is -0.322 e. The van der Waals surface area contributed by atoms with E-state index >= 15 is 0 Å². The summed E-state index contributed by atoms with van der Waals surface area (Å²) in [6, 6.07) is 6.99. The molecule has 0 saturated carbocycles. The number of rotatable bonds is 3. The van der Waals surface area contributed by atoms with E-state index in [1.807, 2.05) is 18.2 Å². The summed E-state index contributed by atoms with van der Waals surface area (Å²) in [5.74, 6) is 0. The molecule has 1 aromatic carbocycles. The number of nitrogens with two attached hydrogens (primary N) is 1. The Kier molecular flexibility index (Phi) is 5.09. The molecule has 1 atom stereocenters. The smallest absolute Gasteiger partial charge is 0.0761 e. The van der Waals surface area contributed by atoms with Crippen LogP contribution in [0, 0.1) is 0 Å². The van der Waals surface area contributed by atoms with Gasteiger partial charge in [0.1, 0.15) is 0 Å². The second-order valence-corrected chi connectivity index (χ2v) is 6.23. The van der Waals surface area contributed by atoms with Gasteiger partial charge in [0, 0.05) is 15.7 Å². The highest BCUT2D eigenvalue weighted by atomic mass is 79.9. The van der Waals surface area contributed by atoms with Crippen molar-refractivity contribution in [3.8, 4) is 0 Å². The van der Waals surface area contributed by atoms with Crippen LogP contribution in [0.1, 0.15) is 17.3 Å². The fraction of sp³-hybridized carbons (Fsp3) is 0.154. The number of aromatic nitrogens is 1. The first kappa shape index (κ1) is 15.1. The fourth-order valence-corrected chi connectivity index (χ4v) is 2.99. The molecule has 0 aliphatic heterocycles. The van der Waals surface area contributed by atoms with Gasteiger partial charge in [-0.25, -0.2) is 0 Å². The van der Waals surface area contributed by atoms with Crippen molar-refractivity contribution >= 4 is 50.7 Å². The maximum absolute atomic E-state index is 6.17. The van der Waals surface area contributed by atoms with E-state index < -0.39 is 0 Å². The molecule has 19 heavy (non-hydrogen) atoms. The number of nitrogens with zero attached hydrogens (tertiary/aromatic N) is 1. The SMILES string of the molecule is NC(Cc1ccc(Br)cc1Cl)c1ncc(Cl)cc1Cl. The van der Waals surface area contributed by atoms with Crippen LogP contribution in [-0.2, 0) is 6.42 Å². The lowest BCUT2D eigenvalue weighted by Crippen LogP contribution is -2.15. The molecule has 0 fully saturated rings. The third-order valence-electron chi connectivity index (χ3n) is 2.64. The van der Waals surface area contributed by atoms with Gasteiger partial charge in [0.05, 0.1) is 21.8 Å². The average Bonchev–Trinajstić information content (AvgIpc) is 2.32. The Morgan fingerprint density at radius 3 is 2.53 bits per heavy atom. The summed E-state index contributed by atoms with van der Waals surface area (Å²) in [5, 5.41) is 1.62. The summed E-state index contributed by atoms with van der Waals surface area (Å²) in [5.41, 5.74) is 7.69. The van der Waals surface area contributed by atoms with Gasteiger partial charge in [-0.05, 0) is 30.2 Å². The summed E-state index contributed by atoms with van der Waals surface area (Å²) in [7, 11) is 0. The van der Waals surface area contributed by atoms with Crippen molar-refractivity contribution < 1.29 is 0 Å². The van der Waals surface area contributed by atoms with Crippen LogP contribution in [0.5, 0.6) is 0 Å². The highest BCUT2D eigenvalue weighted by molar-refractivity contribution is 9.10. The van der Waals surface area contributed by atoms with Crippen molar-refractivity contribution in [2.75, 3.05) is 0 Å². The van der Waals surface area contributed by atoms with E-state index in [4.69, 9.17) is 40.5 Å². The molecule has 2 N–H and O–H groups in total. The minimum absolute atomic E-state index is 0.330. The lowest BCUT2D eigenvalue weighted by atomic mass is 10.0. The number of pyridine rings is 1. The molecular formula is C13H10BrCl3N2. The summed E-state index contributed by atoms with van der Waals surface area (Å²) in [6.07, 6.45) is 2.09. The Morgan fingerprint density at radius 1 is 1.16 bits per heavy atom. The average molecular weight is 380 g/mol.